The minimum atomic E-state index is -0.169. The molecule has 26 heavy (non-hydrogen) atoms. The lowest BCUT2D eigenvalue weighted by Gasteiger charge is -2.05. The Morgan fingerprint density at radius 3 is 2.50 bits per heavy atom. The molecule has 6 nitrogen and oxygen atoms in total. The van der Waals surface area contributed by atoms with Crippen LogP contribution in [-0.4, -0.2) is 28.8 Å². The van der Waals surface area contributed by atoms with Crippen LogP contribution in [0.4, 0.5) is 0 Å². The summed E-state index contributed by atoms with van der Waals surface area (Å²) in [7, 11) is 1.59. The molecule has 0 saturated heterocycles. The number of carbonyl (C=O) groups excluding carboxylic acids is 2. The highest BCUT2D eigenvalue weighted by Crippen LogP contribution is 2.26. The van der Waals surface area contributed by atoms with Crippen molar-refractivity contribution in [2.24, 2.45) is 0 Å². The van der Waals surface area contributed by atoms with Crippen molar-refractivity contribution >= 4 is 23.2 Å². The van der Waals surface area contributed by atoms with Crippen molar-refractivity contribution in [3.8, 4) is 10.7 Å². The van der Waals surface area contributed by atoms with Crippen LogP contribution in [0.5, 0.6) is 0 Å². The summed E-state index contributed by atoms with van der Waals surface area (Å²) in [5.41, 5.74) is 2.94. The van der Waals surface area contributed by atoms with Gasteiger partial charge in [0.25, 0.3) is 11.8 Å². The van der Waals surface area contributed by atoms with Crippen LogP contribution >= 0.6 is 11.3 Å². The van der Waals surface area contributed by atoms with Crippen molar-refractivity contribution in [3.63, 3.8) is 0 Å². The molecule has 3 aromatic rings. The van der Waals surface area contributed by atoms with Gasteiger partial charge in [0.1, 0.15) is 9.88 Å². The van der Waals surface area contributed by atoms with Gasteiger partial charge >= 0.3 is 0 Å². The maximum absolute atomic E-state index is 12.5. The van der Waals surface area contributed by atoms with E-state index >= 15 is 0 Å². The topological polar surface area (TPSA) is 84.0 Å². The predicted molar refractivity (Wildman–Crippen MR) is 101 cm³/mol. The number of rotatable bonds is 5. The first-order valence-corrected chi connectivity index (χ1v) is 8.88. The van der Waals surface area contributed by atoms with E-state index in [0.29, 0.717) is 22.7 Å². The van der Waals surface area contributed by atoms with E-state index in [9.17, 15) is 9.59 Å². The van der Waals surface area contributed by atoms with Crippen molar-refractivity contribution in [1.29, 1.82) is 0 Å². The normalized spacial score (nSPS) is 10.4. The Bertz CT molecular complexity index is 920. The summed E-state index contributed by atoms with van der Waals surface area (Å²) in [6.07, 6.45) is 1.70. The Hall–Kier alpha value is -3.06. The lowest BCUT2D eigenvalue weighted by molar-refractivity contribution is 0.0948. The zero-order chi connectivity index (χ0) is 18.5. The number of pyridine rings is 1. The van der Waals surface area contributed by atoms with Crippen LogP contribution in [0.3, 0.4) is 0 Å². The lowest BCUT2D eigenvalue weighted by atomic mass is 10.1. The standard InChI is InChI=1S/C19H18N4O2S/c1-12-16(26-19(23-12)15-5-3-4-10-21-15)18(25)22-11-13-6-8-14(9-7-13)17(24)20-2/h3-10H,11H2,1-2H3,(H,20,24)(H,22,25). The van der Waals surface area contributed by atoms with E-state index < -0.39 is 0 Å². The number of hydrogen-bond donors (Lipinski definition) is 2. The van der Waals surface area contributed by atoms with Gasteiger partial charge in [0, 0.05) is 25.4 Å². The first-order valence-electron chi connectivity index (χ1n) is 8.06. The molecular formula is C19H18N4O2S. The minimum absolute atomic E-state index is 0.136. The molecule has 2 N–H and O–H groups in total. The molecule has 0 saturated carbocycles. The van der Waals surface area contributed by atoms with Gasteiger partial charge in [0.05, 0.1) is 11.4 Å². The van der Waals surface area contributed by atoms with Crippen LogP contribution in [0.25, 0.3) is 10.7 Å². The van der Waals surface area contributed by atoms with Gasteiger partial charge in [-0.2, -0.15) is 0 Å². The maximum Gasteiger partial charge on any atom is 0.263 e. The van der Waals surface area contributed by atoms with Gasteiger partial charge in [-0.05, 0) is 36.8 Å². The molecule has 7 heteroatoms. The van der Waals surface area contributed by atoms with Gasteiger partial charge in [-0.25, -0.2) is 4.98 Å². The van der Waals surface area contributed by atoms with E-state index in [1.807, 2.05) is 37.3 Å². The van der Waals surface area contributed by atoms with Gasteiger partial charge in [-0.15, -0.1) is 11.3 Å². The fourth-order valence-corrected chi connectivity index (χ4v) is 3.35. The summed E-state index contributed by atoms with van der Waals surface area (Å²) in [4.78, 5) is 33.3. The highest BCUT2D eigenvalue weighted by atomic mass is 32.1. The third-order valence-electron chi connectivity index (χ3n) is 3.78. The molecular weight excluding hydrogens is 348 g/mol. The summed E-state index contributed by atoms with van der Waals surface area (Å²) in [6, 6.07) is 12.7. The highest BCUT2D eigenvalue weighted by molar-refractivity contribution is 7.17. The second kappa shape index (κ2) is 7.88. The zero-order valence-corrected chi connectivity index (χ0v) is 15.3. The van der Waals surface area contributed by atoms with Gasteiger partial charge in [-0.3, -0.25) is 14.6 Å². The summed E-state index contributed by atoms with van der Waals surface area (Å²) in [5.74, 6) is -0.305. The van der Waals surface area contributed by atoms with Crippen LogP contribution in [0, 0.1) is 6.92 Å². The highest BCUT2D eigenvalue weighted by Gasteiger charge is 2.16. The Morgan fingerprint density at radius 2 is 1.85 bits per heavy atom. The molecule has 0 aliphatic heterocycles. The number of nitrogens with zero attached hydrogens (tertiary/aromatic N) is 2. The van der Waals surface area contributed by atoms with Crippen molar-refractivity contribution in [1.82, 2.24) is 20.6 Å². The van der Waals surface area contributed by atoms with Crippen LogP contribution in [-0.2, 0) is 6.54 Å². The molecule has 0 fully saturated rings. The number of amides is 2. The second-order valence-corrected chi connectivity index (χ2v) is 6.61. The van der Waals surface area contributed by atoms with Gasteiger partial charge in [-0.1, -0.05) is 18.2 Å². The summed E-state index contributed by atoms with van der Waals surface area (Å²) < 4.78 is 0. The van der Waals surface area contributed by atoms with Crippen molar-refractivity contribution in [3.05, 3.63) is 70.4 Å². The number of carbonyl (C=O) groups is 2. The van der Waals surface area contributed by atoms with Gasteiger partial charge < -0.3 is 10.6 Å². The smallest absolute Gasteiger partial charge is 0.263 e. The number of aryl methyl sites for hydroxylation is 1. The van der Waals surface area contributed by atoms with E-state index in [0.717, 1.165) is 16.3 Å². The summed E-state index contributed by atoms with van der Waals surface area (Å²) >= 11 is 1.33. The quantitative estimate of drug-likeness (QED) is 0.727. The fourth-order valence-electron chi connectivity index (χ4n) is 2.39. The average molecular weight is 366 g/mol. The van der Waals surface area contributed by atoms with Crippen LogP contribution in [0.1, 0.15) is 31.3 Å². The Kier molecular flexibility index (Phi) is 5.38. The SMILES string of the molecule is CNC(=O)c1ccc(CNC(=O)c2sc(-c3ccccn3)nc2C)cc1. The molecule has 2 amide bonds. The van der Waals surface area contributed by atoms with Crippen molar-refractivity contribution in [2.45, 2.75) is 13.5 Å². The van der Waals surface area contributed by atoms with E-state index in [1.54, 1.807) is 25.4 Å². The van der Waals surface area contributed by atoms with Crippen molar-refractivity contribution < 1.29 is 9.59 Å². The molecule has 1 aromatic carbocycles. The van der Waals surface area contributed by atoms with Gasteiger partial charge in [0.2, 0.25) is 0 Å². The third kappa shape index (κ3) is 3.94. The molecule has 132 valence electrons. The number of hydrogen-bond acceptors (Lipinski definition) is 5. The van der Waals surface area contributed by atoms with Crippen molar-refractivity contribution in [2.75, 3.05) is 7.05 Å². The average Bonchev–Trinajstić information content (AvgIpc) is 3.08. The Labute approximate surface area is 155 Å². The molecule has 0 spiro atoms. The number of thiazole rings is 1. The molecule has 0 bridgehead atoms. The van der Waals surface area contributed by atoms with Crippen LogP contribution in [0.15, 0.2) is 48.7 Å². The molecule has 3 rings (SSSR count). The summed E-state index contributed by atoms with van der Waals surface area (Å²) in [6.45, 7) is 2.19. The molecule has 0 radical (unpaired) electrons. The van der Waals surface area contributed by atoms with Crippen LogP contribution in [0.2, 0.25) is 0 Å². The zero-order valence-electron chi connectivity index (χ0n) is 14.4. The minimum Gasteiger partial charge on any atom is -0.355 e. The molecule has 0 aliphatic rings. The number of aromatic nitrogens is 2. The first kappa shape index (κ1) is 17.8. The molecule has 2 aromatic heterocycles. The van der Waals surface area contributed by atoms with Crippen LogP contribution < -0.4 is 10.6 Å². The number of nitrogens with one attached hydrogen (secondary N) is 2. The molecule has 0 aliphatic carbocycles. The van der Waals surface area contributed by atoms with E-state index in [1.165, 1.54) is 11.3 Å². The van der Waals surface area contributed by atoms with Gasteiger partial charge in [0.15, 0.2) is 0 Å². The first-order chi connectivity index (χ1) is 12.6. The molecule has 2 heterocycles. The molecule has 0 atom stereocenters. The Balaban J connectivity index is 1.67. The Morgan fingerprint density at radius 1 is 1.08 bits per heavy atom. The largest absolute Gasteiger partial charge is 0.355 e. The molecule has 0 unspecified atom stereocenters. The lowest BCUT2D eigenvalue weighted by Crippen LogP contribution is -2.22. The second-order valence-electron chi connectivity index (χ2n) is 5.61. The predicted octanol–water partition coefficient (Wildman–Crippen LogP) is 2.80. The number of benzene rings is 1. The summed E-state index contributed by atoms with van der Waals surface area (Å²) in [5, 5.41) is 6.19. The third-order valence-corrected chi connectivity index (χ3v) is 4.96. The van der Waals surface area contributed by atoms with E-state index in [-0.39, 0.29) is 11.8 Å². The van der Waals surface area contributed by atoms with E-state index in [4.69, 9.17) is 0 Å². The van der Waals surface area contributed by atoms with E-state index in [2.05, 4.69) is 20.6 Å². The monoisotopic (exact) mass is 366 g/mol. The maximum atomic E-state index is 12.5. The fraction of sp³-hybridized carbons (Fsp3) is 0.158.